The molecule has 0 aliphatic heterocycles. The molecule has 0 radical (unpaired) electrons. The Morgan fingerprint density at radius 3 is 2.41 bits per heavy atom. The van der Waals surface area contributed by atoms with E-state index in [4.69, 9.17) is 5.73 Å². The van der Waals surface area contributed by atoms with Crippen LogP contribution in [0.4, 0.5) is 0 Å². The molecular formula is C14H24N2O. The molecule has 0 bridgehead atoms. The Morgan fingerprint density at radius 2 is 1.88 bits per heavy atom. The Morgan fingerprint density at radius 1 is 1.29 bits per heavy atom. The van der Waals surface area contributed by atoms with Gasteiger partial charge in [0.15, 0.2) is 0 Å². The number of rotatable bonds is 6. The standard InChI is InChI=1S/C14H24N2O/c1-11-4-6-12(7-5-11)14(2,3)10-16-9-13(17)8-15/h4-7,13,16-17H,8-10,15H2,1-3H3. The minimum absolute atomic E-state index is 0.0576. The number of aliphatic hydroxyl groups excluding tert-OH is 1. The molecule has 0 amide bonds. The molecule has 1 unspecified atom stereocenters. The number of nitrogens with two attached hydrogens (primary N) is 1. The van der Waals surface area contributed by atoms with Gasteiger partial charge in [-0.2, -0.15) is 0 Å². The van der Waals surface area contributed by atoms with Gasteiger partial charge in [-0.05, 0) is 12.5 Å². The van der Waals surface area contributed by atoms with Gasteiger partial charge < -0.3 is 16.2 Å². The smallest absolute Gasteiger partial charge is 0.0786 e. The molecule has 1 atom stereocenters. The maximum atomic E-state index is 9.37. The Balaban J connectivity index is 2.53. The van der Waals surface area contributed by atoms with Crippen molar-refractivity contribution >= 4 is 0 Å². The van der Waals surface area contributed by atoms with Gasteiger partial charge in [-0.25, -0.2) is 0 Å². The summed E-state index contributed by atoms with van der Waals surface area (Å²) in [6.45, 7) is 8.16. The lowest BCUT2D eigenvalue weighted by molar-refractivity contribution is 0.177. The van der Waals surface area contributed by atoms with Crippen molar-refractivity contribution in [3.05, 3.63) is 35.4 Å². The lowest BCUT2D eigenvalue weighted by Crippen LogP contribution is -2.39. The summed E-state index contributed by atoms with van der Waals surface area (Å²) in [5, 5.41) is 12.6. The highest BCUT2D eigenvalue weighted by Crippen LogP contribution is 2.22. The Bertz CT molecular complexity index is 333. The first-order valence-corrected chi connectivity index (χ1v) is 6.11. The van der Waals surface area contributed by atoms with Crippen LogP contribution in [-0.2, 0) is 5.41 Å². The minimum atomic E-state index is -0.455. The van der Waals surface area contributed by atoms with Crippen molar-refractivity contribution in [3.63, 3.8) is 0 Å². The SMILES string of the molecule is Cc1ccc(C(C)(C)CNCC(O)CN)cc1. The second-order valence-electron chi connectivity index (χ2n) is 5.27. The molecule has 0 fully saturated rings. The van der Waals surface area contributed by atoms with Crippen LogP contribution in [0.3, 0.4) is 0 Å². The minimum Gasteiger partial charge on any atom is -0.390 e. The van der Waals surface area contributed by atoms with E-state index in [0.717, 1.165) is 6.54 Å². The molecule has 96 valence electrons. The summed E-state index contributed by atoms with van der Waals surface area (Å²) in [4.78, 5) is 0. The molecule has 0 spiro atoms. The van der Waals surface area contributed by atoms with Crippen molar-refractivity contribution in [2.75, 3.05) is 19.6 Å². The van der Waals surface area contributed by atoms with Crippen molar-refractivity contribution in [1.29, 1.82) is 0 Å². The van der Waals surface area contributed by atoms with Gasteiger partial charge in [0.05, 0.1) is 6.10 Å². The van der Waals surface area contributed by atoms with Crippen molar-refractivity contribution in [2.45, 2.75) is 32.3 Å². The molecule has 4 N–H and O–H groups in total. The number of hydrogen-bond acceptors (Lipinski definition) is 3. The molecule has 0 aromatic heterocycles. The van der Waals surface area contributed by atoms with E-state index in [1.807, 2.05) is 0 Å². The number of benzene rings is 1. The van der Waals surface area contributed by atoms with Crippen LogP contribution in [0.1, 0.15) is 25.0 Å². The molecule has 0 saturated carbocycles. The van der Waals surface area contributed by atoms with Crippen LogP contribution in [0.25, 0.3) is 0 Å². The first kappa shape index (κ1) is 14.2. The third-order valence-corrected chi connectivity index (χ3v) is 3.05. The summed E-state index contributed by atoms with van der Waals surface area (Å²) < 4.78 is 0. The van der Waals surface area contributed by atoms with Crippen LogP contribution in [0.5, 0.6) is 0 Å². The van der Waals surface area contributed by atoms with Gasteiger partial charge >= 0.3 is 0 Å². The van der Waals surface area contributed by atoms with Gasteiger partial charge in [0.25, 0.3) is 0 Å². The topological polar surface area (TPSA) is 58.3 Å². The predicted octanol–water partition coefficient (Wildman–Crippen LogP) is 1.18. The lowest BCUT2D eigenvalue weighted by Gasteiger charge is -2.26. The second kappa shape index (κ2) is 6.15. The van der Waals surface area contributed by atoms with Crippen molar-refractivity contribution in [2.24, 2.45) is 5.73 Å². The molecule has 1 rings (SSSR count). The number of hydrogen-bond donors (Lipinski definition) is 3. The van der Waals surface area contributed by atoms with Gasteiger partial charge in [-0.1, -0.05) is 43.7 Å². The maximum Gasteiger partial charge on any atom is 0.0786 e. The van der Waals surface area contributed by atoms with Gasteiger partial charge in [0.1, 0.15) is 0 Å². The first-order valence-electron chi connectivity index (χ1n) is 6.11. The van der Waals surface area contributed by atoms with Crippen LogP contribution in [0, 0.1) is 6.92 Å². The van der Waals surface area contributed by atoms with Gasteiger partial charge in [-0.15, -0.1) is 0 Å². The zero-order chi connectivity index (χ0) is 12.9. The fourth-order valence-corrected chi connectivity index (χ4v) is 1.74. The molecule has 1 aromatic carbocycles. The van der Waals surface area contributed by atoms with Crippen molar-refractivity contribution in [1.82, 2.24) is 5.32 Å². The van der Waals surface area contributed by atoms with Crippen LogP contribution >= 0.6 is 0 Å². The monoisotopic (exact) mass is 236 g/mol. The molecule has 0 aliphatic rings. The second-order valence-corrected chi connectivity index (χ2v) is 5.27. The van der Waals surface area contributed by atoms with Crippen LogP contribution in [0.2, 0.25) is 0 Å². The zero-order valence-corrected chi connectivity index (χ0v) is 11.0. The third-order valence-electron chi connectivity index (χ3n) is 3.05. The molecule has 0 aliphatic carbocycles. The van der Waals surface area contributed by atoms with Gasteiger partial charge in [0.2, 0.25) is 0 Å². The van der Waals surface area contributed by atoms with E-state index in [9.17, 15) is 5.11 Å². The quantitative estimate of drug-likeness (QED) is 0.695. The van der Waals surface area contributed by atoms with Gasteiger partial charge in [0, 0.05) is 25.0 Å². The predicted molar refractivity (Wildman–Crippen MR) is 72.1 cm³/mol. The molecule has 0 heterocycles. The molecule has 1 aromatic rings. The van der Waals surface area contributed by atoms with Crippen molar-refractivity contribution in [3.8, 4) is 0 Å². The zero-order valence-electron chi connectivity index (χ0n) is 11.0. The van der Waals surface area contributed by atoms with E-state index in [1.54, 1.807) is 0 Å². The van der Waals surface area contributed by atoms with Crippen LogP contribution < -0.4 is 11.1 Å². The molecule has 3 nitrogen and oxygen atoms in total. The fraction of sp³-hybridized carbons (Fsp3) is 0.571. The summed E-state index contributed by atoms with van der Waals surface area (Å²) in [7, 11) is 0. The summed E-state index contributed by atoms with van der Waals surface area (Å²) in [6.07, 6.45) is -0.455. The molecule has 0 saturated heterocycles. The summed E-state index contributed by atoms with van der Waals surface area (Å²) in [5.41, 5.74) is 7.99. The Kier molecular flexibility index (Phi) is 5.12. The summed E-state index contributed by atoms with van der Waals surface area (Å²) >= 11 is 0. The van der Waals surface area contributed by atoms with Crippen LogP contribution in [0.15, 0.2) is 24.3 Å². The lowest BCUT2D eigenvalue weighted by atomic mass is 9.84. The normalized spacial score (nSPS) is 13.7. The average Bonchev–Trinajstić information content (AvgIpc) is 2.29. The summed E-state index contributed by atoms with van der Waals surface area (Å²) in [6, 6.07) is 8.59. The first-order chi connectivity index (χ1) is 7.95. The van der Waals surface area contributed by atoms with E-state index in [1.165, 1.54) is 11.1 Å². The maximum absolute atomic E-state index is 9.37. The van der Waals surface area contributed by atoms with Crippen LogP contribution in [-0.4, -0.2) is 30.8 Å². The highest BCUT2D eigenvalue weighted by molar-refractivity contribution is 5.27. The van der Waals surface area contributed by atoms with E-state index >= 15 is 0 Å². The van der Waals surface area contributed by atoms with E-state index < -0.39 is 6.10 Å². The van der Waals surface area contributed by atoms with E-state index in [2.05, 4.69) is 50.4 Å². The number of aryl methyl sites for hydroxylation is 1. The Hall–Kier alpha value is -0.900. The molecule has 17 heavy (non-hydrogen) atoms. The number of aliphatic hydroxyl groups is 1. The fourth-order valence-electron chi connectivity index (χ4n) is 1.74. The Labute approximate surface area is 104 Å². The highest BCUT2D eigenvalue weighted by Gasteiger charge is 2.20. The average molecular weight is 236 g/mol. The largest absolute Gasteiger partial charge is 0.390 e. The van der Waals surface area contributed by atoms with E-state index in [-0.39, 0.29) is 5.41 Å². The highest BCUT2D eigenvalue weighted by atomic mass is 16.3. The number of nitrogens with one attached hydrogen (secondary N) is 1. The van der Waals surface area contributed by atoms with Gasteiger partial charge in [-0.3, -0.25) is 0 Å². The third kappa shape index (κ3) is 4.46. The van der Waals surface area contributed by atoms with E-state index in [0.29, 0.717) is 13.1 Å². The molecular weight excluding hydrogens is 212 g/mol. The molecule has 3 heteroatoms. The van der Waals surface area contributed by atoms with Crippen molar-refractivity contribution < 1.29 is 5.11 Å². The summed E-state index contributed by atoms with van der Waals surface area (Å²) in [5.74, 6) is 0.